The first kappa shape index (κ1) is 19.9. The molecule has 1 fully saturated rings. The zero-order valence-electron chi connectivity index (χ0n) is 14.8. The Balaban J connectivity index is 1.46. The van der Waals surface area contributed by atoms with E-state index in [-0.39, 0.29) is 11.8 Å². The molecule has 1 saturated heterocycles. The van der Waals surface area contributed by atoms with E-state index in [1.807, 2.05) is 16.8 Å². The lowest BCUT2D eigenvalue weighted by molar-refractivity contribution is -0.132. The van der Waals surface area contributed by atoms with Crippen LogP contribution in [-0.4, -0.2) is 66.9 Å². The third kappa shape index (κ3) is 5.34. The van der Waals surface area contributed by atoms with Gasteiger partial charge in [-0.05, 0) is 17.9 Å². The summed E-state index contributed by atoms with van der Waals surface area (Å²) >= 11 is 2.69. The lowest BCUT2D eigenvalue weighted by Gasteiger charge is -2.33. The molecule has 146 valence electrons. The van der Waals surface area contributed by atoms with Crippen LogP contribution in [0.15, 0.2) is 22.9 Å². The van der Waals surface area contributed by atoms with Crippen molar-refractivity contribution in [1.29, 1.82) is 0 Å². The number of nitrogens with one attached hydrogen (secondary N) is 1. The number of aromatic nitrogens is 1. The highest BCUT2D eigenvalue weighted by atomic mass is 32.2. The van der Waals surface area contributed by atoms with Gasteiger partial charge < -0.3 is 4.90 Å². The first-order valence-electron chi connectivity index (χ1n) is 8.35. The molecule has 1 aliphatic rings. The van der Waals surface area contributed by atoms with Gasteiger partial charge in [0, 0.05) is 38.0 Å². The van der Waals surface area contributed by atoms with Gasteiger partial charge in [0.2, 0.25) is 15.9 Å². The standard InChI is InChI=1S/C16H20N4O4S3/c1-27(23,24)20-8-6-19(7-9-20)14(21)5-4-12-11-26-16(17-12)18-15(22)13-3-2-10-25-13/h2-3,10-11H,4-9H2,1H3,(H,17,18,22). The highest BCUT2D eigenvalue weighted by Gasteiger charge is 2.25. The van der Waals surface area contributed by atoms with Crippen molar-refractivity contribution in [2.24, 2.45) is 0 Å². The predicted octanol–water partition coefficient (Wildman–Crippen LogP) is 1.49. The Kier molecular flexibility index (Phi) is 6.25. The highest BCUT2D eigenvalue weighted by molar-refractivity contribution is 7.88. The number of sulfonamides is 1. The first-order chi connectivity index (χ1) is 12.8. The average molecular weight is 429 g/mol. The fourth-order valence-electron chi connectivity index (χ4n) is 2.71. The van der Waals surface area contributed by atoms with E-state index in [0.29, 0.717) is 49.0 Å². The Hall–Kier alpha value is -1.82. The number of amides is 2. The normalized spacial score (nSPS) is 15.7. The van der Waals surface area contributed by atoms with Gasteiger partial charge in [-0.25, -0.2) is 13.4 Å². The molecule has 1 N–H and O–H groups in total. The Labute approximate surface area is 165 Å². The van der Waals surface area contributed by atoms with Crippen molar-refractivity contribution in [3.8, 4) is 0 Å². The van der Waals surface area contributed by atoms with E-state index in [1.165, 1.54) is 33.2 Å². The van der Waals surface area contributed by atoms with Crippen LogP contribution in [0.25, 0.3) is 0 Å². The molecule has 2 aromatic heterocycles. The Morgan fingerprint density at radius 3 is 2.59 bits per heavy atom. The van der Waals surface area contributed by atoms with E-state index in [1.54, 1.807) is 11.0 Å². The Morgan fingerprint density at radius 1 is 1.22 bits per heavy atom. The van der Waals surface area contributed by atoms with Crippen LogP contribution >= 0.6 is 22.7 Å². The fourth-order valence-corrected chi connectivity index (χ4v) is 4.89. The summed E-state index contributed by atoms with van der Waals surface area (Å²) in [6, 6.07) is 3.56. The Bertz CT molecular complexity index is 900. The number of anilines is 1. The molecular formula is C16H20N4O4S3. The molecule has 1 aliphatic heterocycles. The molecule has 8 nitrogen and oxygen atoms in total. The second-order valence-corrected chi connectivity index (χ2v) is 9.91. The number of carbonyl (C=O) groups is 2. The smallest absolute Gasteiger partial charge is 0.267 e. The maximum atomic E-state index is 12.3. The number of hydrogen-bond donors (Lipinski definition) is 1. The van der Waals surface area contributed by atoms with Gasteiger partial charge in [0.1, 0.15) is 0 Å². The SMILES string of the molecule is CS(=O)(=O)N1CCN(C(=O)CCc2csc(NC(=O)c3cccs3)n2)CC1. The van der Waals surface area contributed by atoms with Crippen LogP contribution < -0.4 is 5.32 Å². The molecule has 0 aliphatic carbocycles. The number of thiazole rings is 1. The summed E-state index contributed by atoms with van der Waals surface area (Å²) in [6.45, 7) is 1.48. The number of carbonyl (C=O) groups excluding carboxylic acids is 2. The second-order valence-electron chi connectivity index (χ2n) is 6.12. The first-order valence-corrected chi connectivity index (χ1v) is 12.0. The van der Waals surface area contributed by atoms with Crippen molar-refractivity contribution in [3.05, 3.63) is 33.5 Å². The number of piperazine rings is 1. The van der Waals surface area contributed by atoms with Crippen LogP contribution in [0.5, 0.6) is 0 Å². The van der Waals surface area contributed by atoms with Crippen molar-refractivity contribution in [1.82, 2.24) is 14.2 Å². The minimum absolute atomic E-state index is 0.0136. The van der Waals surface area contributed by atoms with Gasteiger partial charge in [-0.2, -0.15) is 4.31 Å². The van der Waals surface area contributed by atoms with Crippen molar-refractivity contribution >= 4 is 49.6 Å². The van der Waals surface area contributed by atoms with Crippen molar-refractivity contribution in [3.63, 3.8) is 0 Å². The Morgan fingerprint density at radius 2 is 1.96 bits per heavy atom. The lowest BCUT2D eigenvalue weighted by atomic mass is 10.2. The number of rotatable bonds is 6. The minimum Gasteiger partial charge on any atom is -0.340 e. The predicted molar refractivity (Wildman–Crippen MR) is 106 cm³/mol. The van der Waals surface area contributed by atoms with Crippen LogP contribution in [0.2, 0.25) is 0 Å². The van der Waals surface area contributed by atoms with Gasteiger partial charge in [-0.1, -0.05) is 6.07 Å². The summed E-state index contributed by atoms with van der Waals surface area (Å²) in [5.41, 5.74) is 0.754. The zero-order valence-corrected chi connectivity index (χ0v) is 17.2. The molecule has 0 radical (unpaired) electrons. The number of nitrogens with zero attached hydrogens (tertiary/aromatic N) is 3. The van der Waals surface area contributed by atoms with Gasteiger partial charge in [0.25, 0.3) is 5.91 Å². The molecule has 3 heterocycles. The minimum atomic E-state index is -3.20. The van der Waals surface area contributed by atoms with Gasteiger partial charge in [0.05, 0.1) is 16.8 Å². The van der Waals surface area contributed by atoms with Crippen molar-refractivity contribution < 1.29 is 18.0 Å². The molecule has 11 heteroatoms. The van der Waals surface area contributed by atoms with E-state index in [0.717, 1.165) is 5.69 Å². The summed E-state index contributed by atoms with van der Waals surface area (Å²) < 4.78 is 24.4. The van der Waals surface area contributed by atoms with Gasteiger partial charge in [0.15, 0.2) is 5.13 Å². The molecular weight excluding hydrogens is 408 g/mol. The summed E-state index contributed by atoms with van der Waals surface area (Å²) in [4.78, 5) is 31.0. The monoisotopic (exact) mass is 428 g/mol. The van der Waals surface area contributed by atoms with E-state index >= 15 is 0 Å². The summed E-state index contributed by atoms with van der Waals surface area (Å²) in [5.74, 6) is -0.203. The van der Waals surface area contributed by atoms with Crippen LogP contribution in [0, 0.1) is 0 Å². The third-order valence-electron chi connectivity index (χ3n) is 4.17. The molecule has 0 saturated carbocycles. The number of thiophene rings is 1. The fraction of sp³-hybridized carbons (Fsp3) is 0.438. The van der Waals surface area contributed by atoms with Crippen LogP contribution in [0.4, 0.5) is 5.13 Å². The molecule has 0 unspecified atom stereocenters. The largest absolute Gasteiger partial charge is 0.340 e. The third-order valence-corrected chi connectivity index (χ3v) is 7.15. The van der Waals surface area contributed by atoms with Gasteiger partial charge >= 0.3 is 0 Å². The summed E-state index contributed by atoms with van der Waals surface area (Å²) in [6.07, 6.45) is 1.97. The summed E-state index contributed by atoms with van der Waals surface area (Å²) in [5, 5.41) is 6.94. The summed E-state index contributed by atoms with van der Waals surface area (Å²) in [7, 11) is -3.20. The van der Waals surface area contributed by atoms with E-state index in [9.17, 15) is 18.0 Å². The highest BCUT2D eigenvalue weighted by Crippen LogP contribution is 2.19. The van der Waals surface area contributed by atoms with E-state index in [2.05, 4.69) is 10.3 Å². The topological polar surface area (TPSA) is 99.7 Å². The quantitative estimate of drug-likeness (QED) is 0.752. The second kappa shape index (κ2) is 8.46. The lowest BCUT2D eigenvalue weighted by Crippen LogP contribution is -2.50. The van der Waals surface area contributed by atoms with Crippen LogP contribution in [0.3, 0.4) is 0 Å². The molecule has 2 amide bonds. The average Bonchev–Trinajstić information content (AvgIpc) is 3.31. The molecule has 0 spiro atoms. The van der Waals surface area contributed by atoms with Crippen molar-refractivity contribution in [2.75, 3.05) is 37.8 Å². The molecule has 0 aromatic carbocycles. The maximum Gasteiger partial charge on any atom is 0.267 e. The molecule has 2 aromatic rings. The van der Waals surface area contributed by atoms with Crippen LogP contribution in [-0.2, 0) is 21.2 Å². The molecule has 0 atom stereocenters. The maximum absolute atomic E-state index is 12.3. The van der Waals surface area contributed by atoms with E-state index in [4.69, 9.17) is 0 Å². The number of hydrogen-bond acceptors (Lipinski definition) is 7. The number of aryl methyl sites for hydroxylation is 1. The van der Waals surface area contributed by atoms with E-state index < -0.39 is 10.0 Å². The van der Waals surface area contributed by atoms with Crippen LogP contribution in [0.1, 0.15) is 21.8 Å². The van der Waals surface area contributed by atoms with Crippen molar-refractivity contribution in [2.45, 2.75) is 12.8 Å². The molecule has 0 bridgehead atoms. The van der Waals surface area contributed by atoms with Gasteiger partial charge in [-0.3, -0.25) is 14.9 Å². The molecule has 27 heavy (non-hydrogen) atoms. The molecule has 3 rings (SSSR count). The van der Waals surface area contributed by atoms with Gasteiger partial charge in [-0.15, -0.1) is 22.7 Å². The zero-order chi connectivity index (χ0) is 19.4.